The molecule has 3 nitrogen and oxygen atoms in total. The smallest absolute Gasteiger partial charge is 0.0670 e. The molecule has 2 rings (SSSR count). The number of aromatic nitrogens is 2. The number of hydrogen-bond donors (Lipinski definition) is 1. The summed E-state index contributed by atoms with van der Waals surface area (Å²) in [7, 11) is 0. The molecule has 1 aromatic heterocycles. The average Bonchev–Trinajstić information content (AvgIpc) is 2.80. The molecule has 2 atom stereocenters. The second kappa shape index (κ2) is 7.68. The predicted octanol–water partition coefficient (Wildman–Crippen LogP) is 3.97. The molecular formula is C16H29N3. The molecule has 1 aliphatic carbocycles. The summed E-state index contributed by atoms with van der Waals surface area (Å²) < 4.78 is 2.12. The van der Waals surface area contributed by atoms with Crippen LogP contribution in [0.2, 0.25) is 0 Å². The van der Waals surface area contributed by atoms with Crippen molar-refractivity contribution in [2.24, 2.45) is 5.73 Å². The molecule has 2 unspecified atom stereocenters. The van der Waals surface area contributed by atoms with E-state index in [1.807, 2.05) is 0 Å². The summed E-state index contributed by atoms with van der Waals surface area (Å²) >= 11 is 0. The van der Waals surface area contributed by atoms with Crippen LogP contribution in [0.25, 0.3) is 0 Å². The molecule has 0 aromatic carbocycles. The molecule has 1 saturated carbocycles. The number of nitrogens with two attached hydrogens (primary N) is 1. The maximum atomic E-state index is 6.44. The molecule has 0 bridgehead atoms. The van der Waals surface area contributed by atoms with E-state index in [4.69, 9.17) is 5.73 Å². The van der Waals surface area contributed by atoms with E-state index in [1.54, 1.807) is 0 Å². The summed E-state index contributed by atoms with van der Waals surface area (Å²) in [5.74, 6) is 0. The summed E-state index contributed by atoms with van der Waals surface area (Å²) in [6.07, 6.45) is 15.3. The summed E-state index contributed by atoms with van der Waals surface area (Å²) in [4.78, 5) is 0. The normalized spacial score (nSPS) is 27.5. The Morgan fingerprint density at radius 3 is 2.16 bits per heavy atom. The van der Waals surface area contributed by atoms with Crippen molar-refractivity contribution in [1.82, 2.24) is 9.78 Å². The quantitative estimate of drug-likeness (QED) is 0.833. The third kappa shape index (κ3) is 4.64. The van der Waals surface area contributed by atoms with Crippen molar-refractivity contribution in [2.45, 2.75) is 83.2 Å². The van der Waals surface area contributed by atoms with Crippen molar-refractivity contribution in [1.29, 1.82) is 0 Å². The maximum Gasteiger partial charge on any atom is 0.0670 e. The molecule has 0 radical (unpaired) electrons. The highest BCUT2D eigenvalue weighted by Gasteiger charge is 2.20. The monoisotopic (exact) mass is 263 g/mol. The zero-order chi connectivity index (χ0) is 13.5. The zero-order valence-electron chi connectivity index (χ0n) is 12.4. The number of hydrogen-bond acceptors (Lipinski definition) is 2. The van der Waals surface area contributed by atoms with Gasteiger partial charge in [0.05, 0.1) is 11.7 Å². The Morgan fingerprint density at radius 2 is 1.58 bits per heavy atom. The highest BCUT2D eigenvalue weighted by Crippen LogP contribution is 2.24. The zero-order valence-corrected chi connectivity index (χ0v) is 12.4. The first-order valence-corrected chi connectivity index (χ1v) is 8.05. The minimum Gasteiger partial charge on any atom is -0.326 e. The van der Waals surface area contributed by atoms with E-state index in [1.165, 1.54) is 57.8 Å². The van der Waals surface area contributed by atoms with Crippen molar-refractivity contribution in [3.8, 4) is 0 Å². The topological polar surface area (TPSA) is 43.8 Å². The molecule has 1 heterocycles. The maximum absolute atomic E-state index is 6.44. The summed E-state index contributed by atoms with van der Waals surface area (Å²) in [6, 6.07) is 2.75. The predicted molar refractivity (Wildman–Crippen MR) is 80.1 cm³/mol. The van der Waals surface area contributed by atoms with E-state index >= 15 is 0 Å². The van der Waals surface area contributed by atoms with Crippen molar-refractivity contribution in [3.05, 3.63) is 18.0 Å². The van der Waals surface area contributed by atoms with Crippen LogP contribution in [-0.4, -0.2) is 15.8 Å². The molecule has 0 aliphatic heterocycles. The molecule has 2 N–H and O–H groups in total. The van der Waals surface area contributed by atoms with E-state index in [9.17, 15) is 0 Å². The SMILES string of the molecule is Cc1ccn(C2CCCCCCCCCCC2N)n1. The molecule has 0 spiro atoms. The van der Waals surface area contributed by atoms with Gasteiger partial charge in [-0.2, -0.15) is 5.10 Å². The first-order valence-electron chi connectivity index (χ1n) is 8.05. The van der Waals surface area contributed by atoms with Gasteiger partial charge in [-0.3, -0.25) is 4.68 Å². The van der Waals surface area contributed by atoms with Gasteiger partial charge in [0.1, 0.15) is 0 Å². The van der Waals surface area contributed by atoms with Crippen LogP contribution in [0, 0.1) is 6.92 Å². The fourth-order valence-corrected chi connectivity index (χ4v) is 3.15. The highest BCUT2D eigenvalue weighted by atomic mass is 15.3. The van der Waals surface area contributed by atoms with Crippen LogP contribution in [0.5, 0.6) is 0 Å². The third-order valence-corrected chi connectivity index (χ3v) is 4.36. The summed E-state index contributed by atoms with van der Waals surface area (Å²) in [5, 5.41) is 4.59. The Labute approximate surface area is 117 Å². The van der Waals surface area contributed by atoms with Crippen molar-refractivity contribution < 1.29 is 0 Å². The molecule has 1 fully saturated rings. The van der Waals surface area contributed by atoms with Gasteiger partial charge in [0.2, 0.25) is 0 Å². The molecule has 108 valence electrons. The van der Waals surface area contributed by atoms with Crippen molar-refractivity contribution in [2.75, 3.05) is 0 Å². The fourth-order valence-electron chi connectivity index (χ4n) is 3.15. The largest absolute Gasteiger partial charge is 0.326 e. The van der Waals surface area contributed by atoms with E-state index < -0.39 is 0 Å². The molecule has 0 amide bonds. The van der Waals surface area contributed by atoms with Crippen LogP contribution >= 0.6 is 0 Å². The van der Waals surface area contributed by atoms with E-state index in [0.29, 0.717) is 6.04 Å². The van der Waals surface area contributed by atoms with Crippen LogP contribution in [-0.2, 0) is 0 Å². The second-order valence-corrected chi connectivity index (χ2v) is 6.07. The van der Waals surface area contributed by atoms with Crippen LogP contribution in [0.15, 0.2) is 12.3 Å². The van der Waals surface area contributed by atoms with Crippen LogP contribution in [0.3, 0.4) is 0 Å². The number of nitrogens with zero attached hydrogens (tertiary/aromatic N) is 2. The fraction of sp³-hybridized carbons (Fsp3) is 0.812. The van der Waals surface area contributed by atoms with Gasteiger partial charge in [-0.1, -0.05) is 51.4 Å². The van der Waals surface area contributed by atoms with Gasteiger partial charge < -0.3 is 5.73 Å². The van der Waals surface area contributed by atoms with Gasteiger partial charge in [-0.05, 0) is 25.8 Å². The lowest BCUT2D eigenvalue weighted by molar-refractivity contribution is 0.319. The van der Waals surface area contributed by atoms with E-state index in [0.717, 1.165) is 12.1 Å². The van der Waals surface area contributed by atoms with E-state index in [2.05, 4.69) is 29.0 Å². The molecule has 1 aliphatic rings. The van der Waals surface area contributed by atoms with Crippen molar-refractivity contribution >= 4 is 0 Å². The van der Waals surface area contributed by atoms with Crippen LogP contribution in [0.4, 0.5) is 0 Å². The highest BCUT2D eigenvalue weighted by molar-refractivity contribution is 4.97. The molecule has 1 aromatic rings. The Balaban J connectivity index is 1.98. The number of aryl methyl sites for hydroxylation is 1. The lowest BCUT2D eigenvalue weighted by atomic mass is 9.95. The number of rotatable bonds is 1. The molecule has 19 heavy (non-hydrogen) atoms. The Morgan fingerprint density at radius 1 is 1.00 bits per heavy atom. The van der Waals surface area contributed by atoms with Gasteiger partial charge in [-0.25, -0.2) is 0 Å². The molecule has 0 saturated heterocycles. The lowest BCUT2D eigenvalue weighted by Gasteiger charge is -2.25. The Bertz CT molecular complexity index is 359. The minimum atomic E-state index is 0.263. The minimum absolute atomic E-state index is 0.263. The Kier molecular flexibility index (Phi) is 5.90. The van der Waals surface area contributed by atoms with Crippen LogP contribution < -0.4 is 5.73 Å². The van der Waals surface area contributed by atoms with Gasteiger partial charge in [0.25, 0.3) is 0 Å². The summed E-state index contributed by atoms with van der Waals surface area (Å²) in [6.45, 7) is 2.05. The lowest BCUT2D eigenvalue weighted by Crippen LogP contribution is -2.33. The van der Waals surface area contributed by atoms with Crippen molar-refractivity contribution in [3.63, 3.8) is 0 Å². The summed E-state index contributed by atoms with van der Waals surface area (Å²) in [5.41, 5.74) is 7.54. The Hall–Kier alpha value is -0.830. The van der Waals surface area contributed by atoms with Gasteiger partial charge >= 0.3 is 0 Å². The molecule has 3 heteroatoms. The average molecular weight is 263 g/mol. The standard InChI is InChI=1S/C16H29N3/c1-14-12-13-19(18-14)16-11-9-7-5-3-2-4-6-8-10-15(16)17/h12-13,15-16H,2-11,17H2,1H3. The second-order valence-electron chi connectivity index (χ2n) is 6.07. The first kappa shape index (κ1) is 14.6. The molecular weight excluding hydrogens is 234 g/mol. The van der Waals surface area contributed by atoms with Gasteiger partial charge in [0, 0.05) is 12.2 Å². The van der Waals surface area contributed by atoms with Gasteiger partial charge in [0.15, 0.2) is 0 Å². The third-order valence-electron chi connectivity index (χ3n) is 4.36. The first-order chi connectivity index (χ1) is 9.27. The van der Waals surface area contributed by atoms with Gasteiger partial charge in [-0.15, -0.1) is 0 Å². The van der Waals surface area contributed by atoms with E-state index in [-0.39, 0.29) is 6.04 Å². The van der Waals surface area contributed by atoms with Crippen LogP contribution in [0.1, 0.15) is 75.9 Å².